The third-order valence-electron chi connectivity index (χ3n) is 4.75. The van der Waals surface area contributed by atoms with Crippen LogP contribution < -0.4 is 16.6 Å². The Hall–Kier alpha value is -4.40. The molecule has 0 bridgehead atoms. The zero-order valence-electron chi connectivity index (χ0n) is 16.5. The standard InChI is InChI=1S/C20H15F3N8O/c1-11(28-17-14(20(21,22)23)16(25)26-10-27-17)18-29-30-8-7-12(9-24)15(30)19(32)31(18)13-5-3-2-4-6-13/h2-8,10-11H,1H3,(H3,25,26,27,28)/t11-/m0/s1. The van der Waals surface area contributed by atoms with E-state index < -0.39 is 35.0 Å². The molecule has 0 unspecified atom stereocenters. The van der Waals surface area contributed by atoms with Gasteiger partial charge in [-0.25, -0.2) is 14.5 Å². The van der Waals surface area contributed by atoms with Crippen LogP contribution in [0.2, 0.25) is 0 Å². The number of nitrogens with two attached hydrogens (primary N) is 1. The summed E-state index contributed by atoms with van der Waals surface area (Å²) in [5.74, 6) is -1.18. The summed E-state index contributed by atoms with van der Waals surface area (Å²) in [6.45, 7) is 1.53. The second-order valence-corrected chi connectivity index (χ2v) is 6.82. The fraction of sp³-hybridized carbons (Fsp3) is 0.150. The van der Waals surface area contributed by atoms with Crippen LogP contribution in [0.25, 0.3) is 11.2 Å². The molecule has 1 atom stereocenters. The summed E-state index contributed by atoms with van der Waals surface area (Å²) in [4.78, 5) is 20.4. The molecule has 12 heteroatoms. The van der Waals surface area contributed by atoms with E-state index in [0.29, 0.717) is 5.69 Å². The Kier molecular flexibility index (Phi) is 5.01. The van der Waals surface area contributed by atoms with Gasteiger partial charge in [0.25, 0.3) is 5.56 Å². The van der Waals surface area contributed by atoms with Gasteiger partial charge in [-0.1, -0.05) is 18.2 Å². The molecular weight excluding hydrogens is 425 g/mol. The summed E-state index contributed by atoms with van der Waals surface area (Å²) in [7, 11) is 0. The van der Waals surface area contributed by atoms with Crippen molar-refractivity contribution in [3.05, 3.63) is 76.2 Å². The maximum Gasteiger partial charge on any atom is 0.423 e. The van der Waals surface area contributed by atoms with Crippen molar-refractivity contribution in [2.24, 2.45) is 0 Å². The quantitative estimate of drug-likeness (QED) is 0.499. The van der Waals surface area contributed by atoms with Crippen molar-refractivity contribution in [2.45, 2.75) is 19.1 Å². The van der Waals surface area contributed by atoms with Gasteiger partial charge in [0.05, 0.1) is 17.3 Å². The normalized spacial score (nSPS) is 12.5. The van der Waals surface area contributed by atoms with Crippen LogP contribution in [0.15, 0.2) is 53.7 Å². The van der Waals surface area contributed by atoms with Crippen LogP contribution in [0.1, 0.15) is 29.9 Å². The lowest BCUT2D eigenvalue weighted by Crippen LogP contribution is -2.30. The van der Waals surface area contributed by atoms with Gasteiger partial charge in [-0.05, 0) is 25.1 Å². The molecule has 32 heavy (non-hydrogen) atoms. The van der Waals surface area contributed by atoms with E-state index in [9.17, 15) is 23.2 Å². The molecule has 3 heterocycles. The number of hydrogen-bond donors (Lipinski definition) is 2. The van der Waals surface area contributed by atoms with Crippen molar-refractivity contribution in [1.29, 1.82) is 5.26 Å². The van der Waals surface area contributed by atoms with Crippen molar-refractivity contribution in [3.8, 4) is 11.8 Å². The van der Waals surface area contributed by atoms with Crippen molar-refractivity contribution in [2.75, 3.05) is 11.1 Å². The van der Waals surface area contributed by atoms with Crippen LogP contribution in [-0.4, -0.2) is 24.1 Å². The van der Waals surface area contributed by atoms with E-state index in [1.165, 1.54) is 28.3 Å². The smallest absolute Gasteiger partial charge is 0.383 e. The molecule has 0 radical (unpaired) electrons. The predicted molar refractivity (Wildman–Crippen MR) is 109 cm³/mol. The number of hydrogen-bond acceptors (Lipinski definition) is 7. The van der Waals surface area contributed by atoms with Gasteiger partial charge in [0.15, 0.2) is 5.82 Å². The van der Waals surface area contributed by atoms with Crippen molar-refractivity contribution in [1.82, 2.24) is 24.1 Å². The fourth-order valence-electron chi connectivity index (χ4n) is 3.34. The van der Waals surface area contributed by atoms with E-state index in [2.05, 4.69) is 20.4 Å². The predicted octanol–water partition coefficient (Wildman–Crippen LogP) is 2.92. The zero-order chi connectivity index (χ0) is 23.0. The zero-order valence-corrected chi connectivity index (χ0v) is 16.5. The summed E-state index contributed by atoms with van der Waals surface area (Å²) < 4.78 is 43.0. The number of benzene rings is 1. The number of alkyl halides is 3. The third-order valence-corrected chi connectivity index (χ3v) is 4.75. The van der Waals surface area contributed by atoms with Crippen LogP contribution in [0.4, 0.5) is 24.8 Å². The highest BCUT2D eigenvalue weighted by molar-refractivity contribution is 5.61. The number of anilines is 2. The molecule has 0 fully saturated rings. The third kappa shape index (κ3) is 3.49. The molecule has 1 aromatic carbocycles. The van der Waals surface area contributed by atoms with Crippen LogP contribution in [0.3, 0.4) is 0 Å². The van der Waals surface area contributed by atoms with Gasteiger partial charge >= 0.3 is 6.18 Å². The van der Waals surface area contributed by atoms with Gasteiger partial charge in [0.2, 0.25) is 0 Å². The molecule has 0 aliphatic heterocycles. The molecule has 3 aromatic heterocycles. The minimum absolute atomic E-state index is 0.0505. The summed E-state index contributed by atoms with van der Waals surface area (Å²) in [6, 6.07) is 10.9. The minimum atomic E-state index is -4.80. The number of nitrogens with zero attached hydrogens (tertiary/aromatic N) is 6. The molecule has 162 valence electrons. The van der Waals surface area contributed by atoms with Gasteiger partial charge in [0, 0.05) is 6.20 Å². The largest absolute Gasteiger partial charge is 0.423 e. The van der Waals surface area contributed by atoms with Crippen LogP contribution in [-0.2, 0) is 6.18 Å². The Balaban J connectivity index is 1.91. The molecule has 0 saturated carbocycles. The molecule has 4 aromatic rings. The van der Waals surface area contributed by atoms with Crippen LogP contribution >= 0.6 is 0 Å². The molecule has 0 amide bonds. The summed E-state index contributed by atoms with van der Waals surface area (Å²) in [6.07, 6.45) is -2.46. The molecule has 3 N–H and O–H groups in total. The Morgan fingerprint density at radius 3 is 2.56 bits per heavy atom. The topological polar surface area (TPSA) is 127 Å². The Bertz CT molecular complexity index is 1400. The lowest BCUT2D eigenvalue weighted by atomic mass is 10.2. The van der Waals surface area contributed by atoms with Gasteiger partial charge in [-0.3, -0.25) is 9.36 Å². The van der Waals surface area contributed by atoms with Gasteiger partial charge in [0.1, 0.15) is 35.1 Å². The number of nitrogens with one attached hydrogen (secondary N) is 1. The molecular formula is C20H15F3N8O. The maximum absolute atomic E-state index is 13.5. The SMILES string of the molecule is C[C@H](Nc1ncnc(N)c1C(F)(F)F)c1nn2ccc(C#N)c2c(=O)n1-c1ccccc1. The number of halogens is 3. The first-order valence-corrected chi connectivity index (χ1v) is 9.26. The summed E-state index contributed by atoms with van der Waals surface area (Å²) >= 11 is 0. The minimum Gasteiger partial charge on any atom is -0.383 e. The maximum atomic E-state index is 13.5. The number of aromatic nitrogens is 5. The Morgan fingerprint density at radius 2 is 1.91 bits per heavy atom. The monoisotopic (exact) mass is 440 g/mol. The number of nitriles is 1. The lowest BCUT2D eigenvalue weighted by Gasteiger charge is -2.21. The second kappa shape index (κ2) is 7.69. The molecule has 0 aliphatic carbocycles. The van der Waals surface area contributed by atoms with Crippen molar-refractivity contribution < 1.29 is 13.2 Å². The summed E-state index contributed by atoms with van der Waals surface area (Å²) in [5, 5.41) is 16.4. The second-order valence-electron chi connectivity index (χ2n) is 6.82. The Labute approximate surface area is 178 Å². The van der Waals surface area contributed by atoms with Crippen molar-refractivity contribution in [3.63, 3.8) is 0 Å². The number of fused-ring (bicyclic) bond motifs is 1. The molecule has 4 rings (SSSR count). The molecule has 0 aliphatic rings. The highest BCUT2D eigenvalue weighted by Crippen LogP contribution is 2.37. The van der Waals surface area contributed by atoms with Crippen LogP contribution in [0, 0.1) is 11.3 Å². The van der Waals surface area contributed by atoms with Crippen LogP contribution in [0.5, 0.6) is 0 Å². The number of nitrogen functional groups attached to an aromatic ring is 1. The lowest BCUT2D eigenvalue weighted by molar-refractivity contribution is -0.136. The molecule has 9 nitrogen and oxygen atoms in total. The molecule has 0 spiro atoms. The van der Waals surface area contributed by atoms with E-state index in [1.807, 2.05) is 6.07 Å². The highest BCUT2D eigenvalue weighted by atomic mass is 19.4. The van der Waals surface area contributed by atoms with Gasteiger partial charge in [-0.2, -0.15) is 23.5 Å². The summed E-state index contributed by atoms with van der Waals surface area (Å²) in [5.41, 5.74) is 4.29. The van der Waals surface area contributed by atoms with Gasteiger partial charge < -0.3 is 11.1 Å². The van der Waals surface area contributed by atoms with E-state index in [4.69, 9.17) is 5.73 Å². The average Bonchev–Trinajstić information content (AvgIpc) is 3.17. The average molecular weight is 440 g/mol. The molecule has 0 saturated heterocycles. The first kappa shape index (κ1) is 20.9. The Morgan fingerprint density at radius 1 is 1.19 bits per heavy atom. The van der Waals surface area contributed by atoms with Gasteiger partial charge in [-0.15, -0.1) is 0 Å². The number of rotatable bonds is 4. The van der Waals surface area contributed by atoms with E-state index >= 15 is 0 Å². The van der Waals surface area contributed by atoms with Crippen molar-refractivity contribution >= 4 is 17.2 Å². The van der Waals surface area contributed by atoms with E-state index in [1.54, 1.807) is 30.3 Å². The first-order chi connectivity index (χ1) is 15.2. The van der Waals surface area contributed by atoms with E-state index in [-0.39, 0.29) is 16.9 Å². The van der Waals surface area contributed by atoms with E-state index in [0.717, 1.165) is 6.33 Å². The first-order valence-electron chi connectivity index (χ1n) is 9.26. The number of para-hydroxylation sites is 1. The fourth-order valence-corrected chi connectivity index (χ4v) is 3.34. The highest BCUT2D eigenvalue weighted by Gasteiger charge is 2.38.